The summed E-state index contributed by atoms with van der Waals surface area (Å²) in [7, 11) is 3.83. The summed E-state index contributed by atoms with van der Waals surface area (Å²) < 4.78 is 0.866. The Balaban J connectivity index is 2.30. The van der Waals surface area contributed by atoms with Crippen molar-refractivity contribution >= 4 is 38.9 Å². The molecule has 0 aliphatic heterocycles. The van der Waals surface area contributed by atoms with Gasteiger partial charge in [-0.1, -0.05) is 22.0 Å². The normalized spacial score (nSPS) is 10.2. The van der Waals surface area contributed by atoms with Gasteiger partial charge >= 0.3 is 0 Å². The number of benzene rings is 2. The highest BCUT2D eigenvalue weighted by molar-refractivity contribution is 9.10. The van der Waals surface area contributed by atoms with E-state index in [0.29, 0.717) is 16.9 Å². The number of rotatable bonds is 3. The first kappa shape index (κ1) is 14.4. The third kappa shape index (κ3) is 3.30. The number of carbonyl (C=O) groups excluding carboxylic acids is 1. The van der Waals surface area contributed by atoms with Gasteiger partial charge in [-0.05, 0) is 36.4 Å². The molecule has 3 N–H and O–H groups in total. The first-order chi connectivity index (χ1) is 9.47. The molecule has 0 saturated heterocycles. The second-order valence-corrected chi connectivity index (χ2v) is 5.55. The van der Waals surface area contributed by atoms with Gasteiger partial charge in [0.1, 0.15) is 0 Å². The summed E-state index contributed by atoms with van der Waals surface area (Å²) in [4.78, 5) is 14.2. The molecule has 0 atom stereocenters. The molecule has 0 heterocycles. The number of anilines is 3. The number of nitrogens with one attached hydrogen (secondary N) is 1. The van der Waals surface area contributed by atoms with Crippen molar-refractivity contribution < 1.29 is 4.79 Å². The quantitative estimate of drug-likeness (QED) is 0.847. The lowest BCUT2D eigenvalue weighted by Gasteiger charge is -2.18. The second kappa shape index (κ2) is 5.96. The maximum Gasteiger partial charge on any atom is 0.255 e. The van der Waals surface area contributed by atoms with Gasteiger partial charge in [0.05, 0.1) is 11.4 Å². The summed E-state index contributed by atoms with van der Waals surface area (Å²) in [6, 6.07) is 12.7. The zero-order valence-electron chi connectivity index (χ0n) is 11.4. The molecule has 4 nitrogen and oxygen atoms in total. The van der Waals surface area contributed by atoms with Gasteiger partial charge < -0.3 is 16.0 Å². The van der Waals surface area contributed by atoms with E-state index < -0.39 is 0 Å². The number of nitrogen functional groups attached to an aromatic ring is 1. The van der Waals surface area contributed by atoms with Crippen molar-refractivity contribution in [2.45, 2.75) is 0 Å². The van der Waals surface area contributed by atoms with E-state index in [4.69, 9.17) is 5.73 Å². The topological polar surface area (TPSA) is 58.4 Å². The highest BCUT2D eigenvalue weighted by Crippen LogP contribution is 2.27. The van der Waals surface area contributed by atoms with E-state index in [1.54, 1.807) is 18.2 Å². The van der Waals surface area contributed by atoms with Crippen molar-refractivity contribution in [3.63, 3.8) is 0 Å². The van der Waals surface area contributed by atoms with Crippen molar-refractivity contribution in [1.82, 2.24) is 0 Å². The Bertz CT molecular complexity index is 641. The van der Waals surface area contributed by atoms with E-state index in [2.05, 4.69) is 21.2 Å². The molecule has 2 aromatic carbocycles. The molecule has 5 heteroatoms. The maximum absolute atomic E-state index is 12.3. The highest BCUT2D eigenvalue weighted by atomic mass is 79.9. The minimum atomic E-state index is -0.167. The first-order valence-electron chi connectivity index (χ1n) is 6.11. The minimum Gasteiger partial charge on any atom is -0.399 e. The average Bonchev–Trinajstić information content (AvgIpc) is 2.38. The second-order valence-electron chi connectivity index (χ2n) is 4.64. The Hall–Kier alpha value is -2.01. The Kier molecular flexibility index (Phi) is 4.29. The molecule has 0 aliphatic rings. The van der Waals surface area contributed by atoms with Crippen molar-refractivity contribution in [2.75, 3.05) is 30.0 Å². The molecule has 2 rings (SSSR count). The average molecular weight is 334 g/mol. The van der Waals surface area contributed by atoms with Crippen LogP contribution in [0.5, 0.6) is 0 Å². The van der Waals surface area contributed by atoms with E-state index >= 15 is 0 Å². The van der Waals surface area contributed by atoms with Crippen molar-refractivity contribution in [1.29, 1.82) is 0 Å². The van der Waals surface area contributed by atoms with Crippen LogP contribution in [0.4, 0.5) is 17.1 Å². The fraction of sp³-hybridized carbons (Fsp3) is 0.133. The van der Waals surface area contributed by atoms with E-state index in [9.17, 15) is 4.79 Å². The summed E-state index contributed by atoms with van der Waals surface area (Å²) in [5.41, 5.74) is 8.59. The number of hydrogen-bond acceptors (Lipinski definition) is 3. The molecule has 20 heavy (non-hydrogen) atoms. The Labute approximate surface area is 126 Å². The first-order valence-corrected chi connectivity index (χ1v) is 6.90. The molecule has 0 bridgehead atoms. The number of hydrogen-bond donors (Lipinski definition) is 2. The van der Waals surface area contributed by atoms with E-state index in [1.807, 2.05) is 43.3 Å². The Morgan fingerprint density at radius 1 is 1.20 bits per heavy atom. The number of halogens is 1. The molecule has 0 fully saturated rings. The minimum absolute atomic E-state index is 0.167. The van der Waals surface area contributed by atoms with Crippen LogP contribution in [-0.4, -0.2) is 20.0 Å². The predicted octanol–water partition coefficient (Wildman–Crippen LogP) is 3.35. The summed E-state index contributed by atoms with van der Waals surface area (Å²) in [6.45, 7) is 0. The van der Waals surface area contributed by atoms with Crippen LogP contribution in [0.1, 0.15) is 10.4 Å². The van der Waals surface area contributed by atoms with E-state index in [-0.39, 0.29) is 5.91 Å². The lowest BCUT2D eigenvalue weighted by atomic mass is 10.2. The molecule has 1 amide bonds. The molecule has 104 valence electrons. The van der Waals surface area contributed by atoms with E-state index in [0.717, 1.165) is 10.2 Å². The van der Waals surface area contributed by atoms with Gasteiger partial charge in [-0.15, -0.1) is 0 Å². The molecule has 2 aromatic rings. The number of amides is 1. The standard InChI is InChI=1S/C15H16BrN3O/c1-19(2)14-7-6-12(17)9-13(14)18-15(20)10-4-3-5-11(16)8-10/h3-9H,17H2,1-2H3,(H,18,20). The lowest BCUT2D eigenvalue weighted by Crippen LogP contribution is -2.17. The number of carbonyl (C=O) groups is 1. The van der Waals surface area contributed by atoms with Gasteiger partial charge in [0.15, 0.2) is 0 Å². The monoisotopic (exact) mass is 333 g/mol. The smallest absolute Gasteiger partial charge is 0.255 e. The van der Waals surface area contributed by atoms with Gasteiger partial charge in [-0.2, -0.15) is 0 Å². The van der Waals surface area contributed by atoms with Crippen molar-refractivity contribution in [3.05, 3.63) is 52.5 Å². The van der Waals surface area contributed by atoms with Gasteiger partial charge in [-0.25, -0.2) is 0 Å². The van der Waals surface area contributed by atoms with Crippen LogP contribution < -0.4 is 16.0 Å². The van der Waals surface area contributed by atoms with Crippen LogP contribution in [-0.2, 0) is 0 Å². The number of nitrogens with two attached hydrogens (primary N) is 1. The van der Waals surface area contributed by atoms with Crippen LogP contribution in [0.3, 0.4) is 0 Å². The molecular formula is C15H16BrN3O. The Morgan fingerprint density at radius 3 is 2.60 bits per heavy atom. The van der Waals surface area contributed by atoms with Crippen LogP contribution >= 0.6 is 15.9 Å². The molecule has 0 radical (unpaired) electrons. The van der Waals surface area contributed by atoms with Crippen LogP contribution in [0.15, 0.2) is 46.9 Å². The molecule has 0 aliphatic carbocycles. The number of nitrogens with zero attached hydrogens (tertiary/aromatic N) is 1. The molecular weight excluding hydrogens is 318 g/mol. The third-order valence-corrected chi connectivity index (χ3v) is 3.33. The largest absolute Gasteiger partial charge is 0.399 e. The molecule has 0 spiro atoms. The lowest BCUT2D eigenvalue weighted by molar-refractivity contribution is 0.102. The fourth-order valence-electron chi connectivity index (χ4n) is 1.87. The summed E-state index contributed by atoms with van der Waals surface area (Å²) in [6.07, 6.45) is 0. The van der Waals surface area contributed by atoms with Gasteiger partial charge in [0, 0.05) is 29.8 Å². The maximum atomic E-state index is 12.3. The van der Waals surface area contributed by atoms with Crippen LogP contribution in [0.2, 0.25) is 0 Å². The summed E-state index contributed by atoms with van der Waals surface area (Å²) in [5.74, 6) is -0.167. The molecule has 0 aromatic heterocycles. The molecule has 0 saturated carbocycles. The van der Waals surface area contributed by atoms with Crippen LogP contribution in [0.25, 0.3) is 0 Å². The SMILES string of the molecule is CN(C)c1ccc(N)cc1NC(=O)c1cccc(Br)c1. The fourth-order valence-corrected chi connectivity index (χ4v) is 2.27. The van der Waals surface area contributed by atoms with Crippen LogP contribution in [0, 0.1) is 0 Å². The van der Waals surface area contributed by atoms with Crippen molar-refractivity contribution in [3.8, 4) is 0 Å². The zero-order chi connectivity index (χ0) is 14.7. The Morgan fingerprint density at radius 2 is 1.95 bits per heavy atom. The van der Waals surface area contributed by atoms with Gasteiger partial charge in [0.25, 0.3) is 5.91 Å². The highest BCUT2D eigenvalue weighted by Gasteiger charge is 2.11. The third-order valence-electron chi connectivity index (χ3n) is 2.84. The predicted molar refractivity (Wildman–Crippen MR) is 87.3 cm³/mol. The zero-order valence-corrected chi connectivity index (χ0v) is 12.9. The summed E-state index contributed by atoms with van der Waals surface area (Å²) >= 11 is 3.36. The summed E-state index contributed by atoms with van der Waals surface area (Å²) in [5, 5.41) is 2.89. The van der Waals surface area contributed by atoms with Gasteiger partial charge in [0.2, 0.25) is 0 Å². The van der Waals surface area contributed by atoms with Gasteiger partial charge in [-0.3, -0.25) is 4.79 Å². The van der Waals surface area contributed by atoms with E-state index in [1.165, 1.54) is 0 Å². The van der Waals surface area contributed by atoms with Crippen molar-refractivity contribution in [2.24, 2.45) is 0 Å². The molecule has 0 unspecified atom stereocenters.